The van der Waals surface area contributed by atoms with E-state index in [1.807, 2.05) is 0 Å². The second-order valence-corrected chi connectivity index (χ2v) is 5.37. The van der Waals surface area contributed by atoms with Crippen LogP contribution in [0.5, 0.6) is 0 Å². The Morgan fingerprint density at radius 3 is 2.33 bits per heavy atom. The molecule has 2 nitrogen and oxygen atoms in total. The standard InChI is InChI=1S/C16H26N2/c1-3-17-11-14-5-7-15(8-6-14)12-18(4-2)13-16-9-10-16/h5-8,16-17H,3-4,9-13H2,1-2H3. The van der Waals surface area contributed by atoms with Gasteiger partial charge in [-0.1, -0.05) is 38.1 Å². The van der Waals surface area contributed by atoms with Gasteiger partial charge in [-0.3, -0.25) is 4.90 Å². The van der Waals surface area contributed by atoms with Crippen molar-refractivity contribution in [3.63, 3.8) is 0 Å². The number of nitrogens with one attached hydrogen (secondary N) is 1. The molecule has 1 saturated carbocycles. The summed E-state index contributed by atoms with van der Waals surface area (Å²) >= 11 is 0. The normalized spacial score (nSPS) is 15.3. The molecule has 0 aliphatic heterocycles. The molecule has 1 aromatic carbocycles. The quantitative estimate of drug-likeness (QED) is 0.758. The van der Waals surface area contributed by atoms with Crippen molar-refractivity contribution >= 4 is 0 Å². The molecule has 100 valence electrons. The van der Waals surface area contributed by atoms with Crippen LogP contribution in [0.25, 0.3) is 0 Å². The Morgan fingerprint density at radius 2 is 1.78 bits per heavy atom. The summed E-state index contributed by atoms with van der Waals surface area (Å²) in [5.74, 6) is 0.984. The Balaban J connectivity index is 1.83. The first-order valence-electron chi connectivity index (χ1n) is 7.32. The molecule has 0 atom stereocenters. The highest BCUT2D eigenvalue weighted by atomic mass is 15.1. The molecule has 2 heteroatoms. The molecule has 1 N–H and O–H groups in total. The maximum atomic E-state index is 3.36. The molecule has 0 spiro atoms. The van der Waals surface area contributed by atoms with Crippen molar-refractivity contribution in [2.45, 2.75) is 39.8 Å². The first kappa shape index (κ1) is 13.6. The highest BCUT2D eigenvalue weighted by Gasteiger charge is 2.23. The summed E-state index contributed by atoms with van der Waals surface area (Å²) in [6.07, 6.45) is 2.89. The van der Waals surface area contributed by atoms with Gasteiger partial charge in [0.25, 0.3) is 0 Å². The van der Waals surface area contributed by atoms with Crippen LogP contribution < -0.4 is 5.32 Å². The minimum Gasteiger partial charge on any atom is -0.313 e. The molecule has 0 aromatic heterocycles. The molecule has 2 rings (SSSR count). The first-order chi connectivity index (χ1) is 8.81. The van der Waals surface area contributed by atoms with E-state index in [-0.39, 0.29) is 0 Å². The topological polar surface area (TPSA) is 15.3 Å². The van der Waals surface area contributed by atoms with Gasteiger partial charge >= 0.3 is 0 Å². The average Bonchev–Trinajstić information content (AvgIpc) is 3.21. The molecule has 1 aliphatic carbocycles. The summed E-state index contributed by atoms with van der Waals surface area (Å²) in [4.78, 5) is 2.57. The third-order valence-corrected chi connectivity index (χ3v) is 3.67. The maximum Gasteiger partial charge on any atom is 0.0233 e. The van der Waals surface area contributed by atoms with Crippen molar-refractivity contribution in [1.29, 1.82) is 0 Å². The van der Waals surface area contributed by atoms with E-state index in [0.717, 1.165) is 32.1 Å². The molecule has 1 fully saturated rings. The number of hydrogen-bond donors (Lipinski definition) is 1. The Labute approximate surface area is 111 Å². The van der Waals surface area contributed by atoms with Crippen molar-refractivity contribution in [3.8, 4) is 0 Å². The van der Waals surface area contributed by atoms with Gasteiger partial charge in [0.1, 0.15) is 0 Å². The summed E-state index contributed by atoms with van der Waals surface area (Å²) in [6.45, 7) is 9.98. The van der Waals surface area contributed by atoms with Gasteiger partial charge in [0.05, 0.1) is 0 Å². The third-order valence-electron chi connectivity index (χ3n) is 3.67. The zero-order chi connectivity index (χ0) is 12.8. The fraction of sp³-hybridized carbons (Fsp3) is 0.625. The smallest absolute Gasteiger partial charge is 0.0233 e. The first-order valence-corrected chi connectivity index (χ1v) is 7.32. The third kappa shape index (κ3) is 4.43. The van der Waals surface area contributed by atoms with E-state index in [4.69, 9.17) is 0 Å². The monoisotopic (exact) mass is 246 g/mol. The Hall–Kier alpha value is -0.860. The van der Waals surface area contributed by atoms with Crippen LogP contribution in [0.1, 0.15) is 37.8 Å². The van der Waals surface area contributed by atoms with Crippen LogP contribution in [-0.4, -0.2) is 24.5 Å². The molecule has 0 heterocycles. The second-order valence-electron chi connectivity index (χ2n) is 5.37. The lowest BCUT2D eigenvalue weighted by Crippen LogP contribution is -2.25. The van der Waals surface area contributed by atoms with Gasteiger partial charge in [-0.05, 0) is 43.0 Å². The zero-order valence-corrected chi connectivity index (χ0v) is 11.8. The molecular formula is C16H26N2. The molecule has 0 amide bonds. The molecule has 18 heavy (non-hydrogen) atoms. The van der Waals surface area contributed by atoms with Gasteiger partial charge in [0, 0.05) is 19.6 Å². The van der Waals surface area contributed by atoms with Crippen LogP contribution >= 0.6 is 0 Å². The molecule has 0 bridgehead atoms. The predicted octanol–water partition coefficient (Wildman–Crippen LogP) is 3.03. The predicted molar refractivity (Wildman–Crippen MR) is 77.5 cm³/mol. The maximum absolute atomic E-state index is 3.36. The summed E-state index contributed by atoms with van der Waals surface area (Å²) < 4.78 is 0. The van der Waals surface area contributed by atoms with Gasteiger partial charge in [-0.25, -0.2) is 0 Å². The van der Waals surface area contributed by atoms with Crippen LogP contribution in [0.3, 0.4) is 0 Å². The van der Waals surface area contributed by atoms with E-state index in [2.05, 4.69) is 48.3 Å². The van der Waals surface area contributed by atoms with E-state index in [0.29, 0.717) is 0 Å². The van der Waals surface area contributed by atoms with Crippen LogP contribution in [0.2, 0.25) is 0 Å². The highest BCUT2D eigenvalue weighted by Crippen LogP contribution is 2.30. The minimum absolute atomic E-state index is 0.982. The van der Waals surface area contributed by atoms with Crippen LogP contribution in [0.4, 0.5) is 0 Å². The molecule has 0 radical (unpaired) electrons. The number of rotatable bonds is 8. The van der Waals surface area contributed by atoms with Crippen molar-refractivity contribution in [2.75, 3.05) is 19.6 Å². The Bertz CT molecular complexity index is 341. The highest BCUT2D eigenvalue weighted by molar-refractivity contribution is 5.22. The van der Waals surface area contributed by atoms with Crippen molar-refractivity contribution in [2.24, 2.45) is 5.92 Å². The molecule has 1 aliphatic rings. The largest absolute Gasteiger partial charge is 0.313 e. The van der Waals surface area contributed by atoms with Crippen LogP contribution in [0, 0.1) is 5.92 Å². The Kier molecular flexibility index (Phi) is 5.21. The summed E-state index contributed by atoms with van der Waals surface area (Å²) in [5.41, 5.74) is 2.82. The molecule has 1 aromatic rings. The average molecular weight is 246 g/mol. The lowest BCUT2D eigenvalue weighted by atomic mass is 10.1. The number of benzene rings is 1. The van der Waals surface area contributed by atoms with Crippen LogP contribution in [-0.2, 0) is 13.1 Å². The van der Waals surface area contributed by atoms with E-state index in [9.17, 15) is 0 Å². The lowest BCUT2D eigenvalue weighted by Gasteiger charge is -2.20. The van der Waals surface area contributed by atoms with Crippen molar-refractivity contribution in [1.82, 2.24) is 10.2 Å². The molecular weight excluding hydrogens is 220 g/mol. The molecule has 0 saturated heterocycles. The zero-order valence-electron chi connectivity index (χ0n) is 11.8. The van der Waals surface area contributed by atoms with Gasteiger partial charge in [-0.2, -0.15) is 0 Å². The van der Waals surface area contributed by atoms with E-state index in [1.165, 1.54) is 30.5 Å². The van der Waals surface area contributed by atoms with Gasteiger partial charge in [0.15, 0.2) is 0 Å². The second kappa shape index (κ2) is 6.91. The van der Waals surface area contributed by atoms with Gasteiger partial charge in [-0.15, -0.1) is 0 Å². The lowest BCUT2D eigenvalue weighted by molar-refractivity contribution is 0.268. The van der Waals surface area contributed by atoms with E-state index < -0.39 is 0 Å². The SMILES string of the molecule is CCNCc1ccc(CN(CC)CC2CC2)cc1. The fourth-order valence-electron chi connectivity index (χ4n) is 2.26. The number of nitrogens with zero attached hydrogens (tertiary/aromatic N) is 1. The van der Waals surface area contributed by atoms with Crippen molar-refractivity contribution in [3.05, 3.63) is 35.4 Å². The summed E-state index contributed by atoms with van der Waals surface area (Å²) in [5, 5.41) is 3.36. The van der Waals surface area contributed by atoms with E-state index in [1.54, 1.807) is 0 Å². The fourth-order valence-corrected chi connectivity index (χ4v) is 2.26. The molecule has 0 unspecified atom stereocenters. The van der Waals surface area contributed by atoms with Crippen molar-refractivity contribution < 1.29 is 0 Å². The number of hydrogen-bond acceptors (Lipinski definition) is 2. The summed E-state index contributed by atoms with van der Waals surface area (Å²) in [6, 6.07) is 9.07. The van der Waals surface area contributed by atoms with Gasteiger partial charge in [0.2, 0.25) is 0 Å². The van der Waals surface area contributed by atoms with E-state index >= 15 is 0 Å². The minimum atomic E-state index is 0.982. The summed E-state index contributed by atoms with van der Waals surface area (Å²) in [7, 11) is 0. The van der Waals surface area contributed by atoms with Crippen LogP contribution in [0.15, 0.2) is 24.3 Å². The van der Waals surface area contributed by atoms with Gasteiger partial charge < -0.3 is 5.32 Å². The Morgan fingerprint density at radius 1 is 1.11 bits per heavy atom.